The van der Waals surface area contributed by atoms with E-state index >= 15 is 0 Å². The molecule has 0 aromatic rings. The number of hydrogen-bond acceptors (Lipinski definition) is 2. The van der Waals surface area contributed by atoms with Crippen LogP contribution in [0.4, 0.5) is 0 Å². The molecule has 0 amide bonds. The summed E-state index contributed by atoms with van der Waals surface area (Å²) in [6, 6.07) is 0. The van der Waals surface area contributed by atoms with Gasteiger partial charge in [0.1, 0.15) is 0 Å². The van der Waals surface area contributed by atoms with E-state index in [0.717, 1.165) is 19.5 Å². The lowest BCUT2D eigenvalue weighted by Crippen LogP contribution is -2.33. The fraction of sp³-hybridized carbons (Fsp3) is 1.00. The fourth-order valence-corrected chi connectivity index (χ4v) is 1.02. The number of rotatable bonds is 0. The van der Waals surface area contributed by atoms with Crippen molar-refractivity contribution in [3.05, 3.63) is 0 Å². The van der Waals surface area contributed by atoms with Crippen molar-refractivity contribution in [2.24, 2.45) is 0 Å². The molecule has 48 valence electrons. The molecule has 8 heavy (non-hydrogen) atoms. The third-order valence-electron chi connectivity index (χ3n) is 1.27. The van der Waals surface area contributed by atoms with Gasteiger partial charge in [-0.1, -0.05) is 0 Å². The SMILES string of the molecule is ClC1CCCNNC1. The van der Waals surface area contributed by atoms with Crippen molar-refractivity contribution in [3.63, 3.8) is 0 Å². The van der Waals surface area contributed by atoms with E-state index in [2.05, 4.69) is 10.9 Å². The number of nitrogens with one attached hydrogen (secondary N) is 2. The zero-order valence-electron chi connectivity index (χ0n) is 4.78. The van der Waals surface area contributed by atoms with Gasteiger partial charge in [0.15, 0.2) is 0 Å². The summed E-state index contributed by atoms with van der Waals surface area (Å²) in [6.07, 6.45) is 2.31. The molecular formula is C5H11ClN2. The van der Waals surface area contributed by atoms with Crippen LogP contribution in [-0.4, -0.2) is 18.5 Å². The van der Waals surface area contributed by atoms with Gasteiger partial charge < -0.3 is 0 Å². The first-order valence-electron chi connectivity index (χ1n) is 2.99. The number of alkyl halides is 1. The molecular weight excluding hydrogens is 124 g/mol. The van der Waals surface area contributed by atoms with E-state index in [-0.39, 0.29) is 0 Å². The predicted octanol–water partition coefficient (Wildman–Crippen LogP) is 0.482. The van der Waals surface area contributed by atoms with Crippen molar-refractivity contribution >= 4 is 11.6 Å². The first-order valence-corrected chi connectivity index (χ1v) is 3.43. The van der Waals surface area contributed by atoms with Gasteiger partial charge in [-0.15, -0.1) is 11.6 Å². The molecule has 1 saturated heterocycles. The molecule has 1 aliphatic heterocycles. The summed E-state index contributed by atoms with van der Waals surface area (Å²) >= 11 is 5.82. The van der Waals surface area contributed by atoms with Gasteiger partial charge in [0.05, 0.1) is 0 Å². The molecule has 0 spiro atoms. The highest BCUT2D eigenvalue weighted by Crippen LogP contribution is 2.04. The molecule has 0 saturated carbocycles. The Kier molecular flexibility index (Phi) is 2.59. The average Bonchev–Trinajstić information content (AvgIpc) is 1.94. The van der Waals surface area contributed by atoms with Crippen LogP contribution in [0.5, 0.6) is 0 Å². The van der Waals surface area contributed by atoms with Gasteiger partial charge in [-0.3, -0.25) is 10.9 Å². The molecule has 2 nitrogen and oxygen atoms in total. The van der Waals surface area contributed by atoms with Gasteiger partial charge in [0.2, 0.25) is 0 Å². The maximum absolute atomic E-state index is 5.82. The average molecular weight is 135 g/mol. The molecule has 0 aromatic carbocycles. The van der Waals surface area contributed by atoms with Crippen molar-refractivity contribution in [3.8, 4) is 0 Å². The van der Waals surface area contributed by atoms with E-state index < -0.39 is 0 Å². The predicted molar refractivity (Wildman–Crippen MR) is 34.9 cm³/mol. The smallest absolute Gasteiger partial charge is 0.0475 e. The zero-order valence-corrected chi connectivity index (χ0v) is 5.54. The molecule has 0 radical (unpaired) electrons. The molecule has 0 bridgehead atoms. The molecule has 1 aliphatic rings. The van der Waals surface area contributed by atoms with Crippen LogP contribution in [-0.2, 0) is 0 Å². The maximum Gasteiger partial charge on any atom is 0.0475 e. The van der Waals surface area contributed by atoms with E-state index in [1.54, 1.807) is 0 Å². The topological polar surface area (TPSA) is 24.1 Å². The minimum Gasteiger partial charge on any atom is -0.258 e. The Labute approximate surface area is 54.6 Å². The Bertz CT molecular complexity index is 59.4. The third-order valence-corrected chi connectivity index (χ3v) is 1.64. The summed E-state index contributed by atoms with van der Waals surface area (Å²) in [6.45, 7) is 1.94. The summed E-state index contributed by atoms with van der Waals surface area (Å²) < 4.78 is 0. The molecule has 3 heteroatoms. The van der Waals surface area contributed by atoms with Crippen LogP contribution in [0.2, 0.25) is 0 Å². The zero-order chi connectivity index (χ0) is 5.82. The Morgan fingerprint density at radius 2 is 2.25 bits per heavy atom. The largest absolute Gasteiger partial charge is 0.258 e. The van der Waals surface area contributed by atoms with Crippen LogP contribution in [0.15, 0.2) is 0 Å². The van der Waals surface area contributed by atoms with Crippen molar-refractivity contribution in [2.75, 3.05) is 13.1 Å². The fourth-order valence-electron chi connectivity index (χ4n) is 0.785. The van der Waals surface area contributed by atoms with Gasteiger partial charge in [-0.05, 0) is 12.8 Å². The first kappa shape index (κ1) is 6.33. The Morgan fingerprint density at radius 1 is 1.38 bits per heavy atom. The summed E-state index contributed by atoms with van der Waals surface area (Å²) in [7, 11) is 0. The minimum absolute atomic E-state index is 0.324. The van der Waals surface area contributed by atoms with Crippen molar-refractivity contribution < 1.29 is 0 Å². The monoisotopic (exact) mass is 134 g/mol. The van der Waals surface area contributed by atoms with Gasteiger partial charge in [0, 0.05) is 18.5 Å². The van der Waals surface area contributed by atoms with E-state index in [0.29, 0.717) is 5.38 Å². The lowest BCUT2D eigenvalue weighted by Gasteiger charge is -2.01. The van der Waals surface area contributed by atoms with E-state index in [1.807, 2.05) is 0 Å². The summed E-state index contributed by atoms with van der Waals surface area (Å²) in [5.41, 5.74) is 6.06. The molecule has 1 unspecified atom stereocenters. The summed E-state index contributed by atoms with van der Waals surface area (Å²) in [5.74, 6) is 0. The summed E-state index contributed by atoms with van der Waals surface area (Å²) in [5, 5.41) is 0.324. The third kappa shape index (κ3) is 1.99. The van der Waals surface area contributed by atoms with Crippen LogP contribution in [0.25, 0.3) is 0 Å². The van der Waals surface area contributed by atoms with Gasteiger partial charge in [-0.25, -0.2) is 0 Å². The normalized spacial score (nSPS) is 31.9. The summed E-state index contributed by atoms with van der Waals surface area (Å²) in [4.78, 5) is 0. The van der Waals surface area contributed by atoms with E-state index in [1.165, 1.54) is 6.42 Å². The highest BCUT2D eigenvalue weighted by Gasteiger charge is 2.05. The Morgan fingerprint density at radius 3 is 3.12 bits per heavy atom. The van der Waals surface area contributed by atoms with Crippen molar-refractivity contribution in [1.29, 1.82) is 0 Å². The standard InChI is InChI=1S/C5H11ClN2/c6-5-2-1-3-7-8-4-5/h5,7-8H,1-4H2. The minimum atomic E-state index is 0.324. The van der Waals surface area contributed by atoms with Crippen LogP contribution in [0.1, 0.15) is 12.8 Å². The molecule has 0 aliphatic carbocycles. The van der Waals surface area contributed by atoms with Gasteiger partial charge >= 0.3 is 0 Å². The Hall–Kier alpha value is 0.210. The van der Waals surface area contributed by atoms with Gasteiger partial charge in [-0.2, -0.15) is 0 Å². The van der Waals surface area contributed by atoms with E-state index in [4.69, 9.17) is 11.6 Å². The number of halogens is 1. The second-order valence-electron chi connectivity index (χ2n) is 2.05. The quantitative estimate of drug-likeness (QED) is 0.471. The van der Waals surface area contributed by atoms with Crippen LogP contribution in [0, 0.1) is 0 Å². The highest BCUT2D eigenvalue weighted by molar-refractivity contribution is 6.20. The molecule has 1 fully saturated rings. The van der Waals surface area contributed by atoms with Crippen molar-refractivity contribution in [1.82, 2.24) is 10.9 Å². The maximum atomic E-state index is 5.82. The Balaban J connectivity index is 2.17. The van der Waals surface area contributed by atoms with Crippen LogP contribution >= 0.6 is 11.6 Å². The molecule has 1 atom stereocenters. The van der Waals surface area contributed by atoms with Crippen LogP contribution in [0.3, 0.4) is 0 Å². The molecule has 0 aromatic heterocycles. The van der Waals surface area contributed by atoms with E-state index in [9.17, 15) is 0 Å². The second-order valence-corrected chi connectivity index (χ2v) is 2.66. The first-order chi connectivity index (χ1) is 3.89. The second kappa shape index (κ2) is 3.28. The lowest BCUT2D eigenvalue weighted by atomic mass is 10.2. The van der Waals surface area contributed by atoms with Crippen LogP contribution < -0.4 is 10.9 Å². The molecule has 2 N–H and O–H groups in total. The van der Waals surface area contributed by atoms with Crippen molar-refractivity contribution in [2.45, 2.75) is 18.2 Å². The number of hydrogen-bond donors (Lipinski definition) is 2. The number of hydrazine groups is 1. The highest BCUT2D eigenvalue weighted by atomic mass is 35.5. The molecule has 1 rings (SSSR count). The van der Waals surface area contributed by atoms with Gasteiger partial charge in [0.25, 0.3) is 0 Å². The lowest BCUT2D eigenvalue weighted by molar-refractivity contribution is 0.574. The molecule has 1 heterocycles.